The van der Waals surface area contributed by atoms with Crippen LogP contribution in [0.5, 0.6) is 0 Å². The Morgan fingerprint density at radius 1 is 1.08 bits per heavy atom. The molecule has 2 aliphatic heterocycles. The van der Waals surface area contributed by atoms with E-state index in [9.17, 15) is 14.4 Å². The van der Waals surface area contributed by atoms with Crippen LogP contribution in [0.15, 0.2) is 6.08 Å². The van der Waals surface area contributed by atoms with E-state index in [2.05, 4.69) is 20.1 Å². The first-order valence-electron chi connectivity index (χ1n) is 12.7. The summed E-state index contributed by atoms with van der Waals surface area (Å²) in [4.78, 5) is 47.2. The lowest BCUT2D eigenvalue weighted by Crippen LogP contribution is -2.53. The van der Waals surface area contributed by atoms with Gasteiger partial charge in [-0.3, -0.25) is 9.59 Å². The molecule has 10 heteroatoms. The largest absolute Gasteiger partial charge is 0.444 e. The fraction of sp³-hybridized carbons (Fsp3) is 0.692. The van der Waals surface area contributed by atoms with Gasteiger partial charge in [0.25, 0.3) is 5.91 Å². The van der Waals surface area contributed by atoms with Crippen LogP contribution in [0.25, 0.3) is 5.57 Å². The quantitative estimate of drug-likeness (QED) is 0.655. The molecule has 0 bridgehead atoms. The summed E-state index contributed by atoms with van der Waals surface area (Å²) in [5.74, 6) is 0.174. The Hall–Kier alpha value is -2.88. The number of hydrogen-bond acceptors (Lipinski definition) is 6. The van der Waals surface area contributed by atoms with Crippen LogP contribution in [0.2, 0.25) is 0 Å². The Labute approximate surface area is 214 Å². The van der Waals surface area contributed by atoms with E-state index in [4.69, 9.17) is 9.72 Å². The molecule has 3 amide bonds. The zero-order valence-electron chi connectivity index (χ0n) is 23.0. The summed E-state index contributed by atoms with van der Waals surface area (Å²) < 4.78 is 7.65. The highest BCUT2D eigenvalue weighted by atomic mass is 16.6. The van der Waals surface area contributed by atoms with Crippen LogP contribution in [-0.2, 0) is 22.6 Å². The van der Waals surface area contributed by atoms with Crippen LogP contribution in [0.3, 0.4) is 0 Å². The number of carbonyl (C=O) groups is 3. The smallest absolute Gasteiger partial charge is 0.410 e. The highest BCUT2D eigenvalue weighted by Gasteiger charge is 2.35. The second-order valence-electron chi connectivity index (χ2n) is 11.8. The van der Waals surface area contributed by atoms with Gasteiger partial charge in [-0.1, -0.05) is 26.8 Å². The minimum absolute atomic E-state index is 0.240. The molecule has 0 radical (unpaired) electrons. The summed E-state index contributed by atoms with van der Waals surface area (Å²) in [5, 5.41) is 5.59. The number of nitrogens with zero attached hydrogens (tertiary/aromatic N) is 4. The lowest BCUT2D eigenvalue weighted by Gasteiger charge is -2.29. The number of amides is 3. The number of carbonyl (C=O) groups excluding carboxylic acids is 3. The first-order chi connectivity index (χ1) is 16.7. The summed E-state index contributed by atoms with van der Waals surface area (Å²) >= 11 is 0. The maximum absolute atomic E-state index is 13.5. The molecule has 0 saturated carbocycles. The molecule has 1 atom stereocenters. The Balaban J connectivity index is 1.92. The first kappa shape index (κ1) is 27.7. The van der Waals surface area contributed by atoms with Crippen molar-refractivity contribution in [3.05, 3.63) is 23.3 Å². The molecule has 2 N–H and O–H groups in total. The van der Waals surface area contributed by atoms with E-state index in [1.807, 2.05) is 54.7 Å². The summed E-state index contributed by atoms with van der Waals surface area (Å²) in [5.41, 5.74) is 1.20. The average molecular weight is 503 g/mol. The maximum atomic E-state index is 13.5. The summed E-state index contributed by atoms with van der Waals surface area (Å²) in [6.45, 7) is 14.5. The lowest BCUT2D eigenvalue weighted by molar-refractivity contribution is -0.124. The van der Waals surface area contributed by atoms with Crippen molar-refractivity contribution in [1.82, 2.24) is 30.0 Å². The predicted molar refractivity (Wildman–Crippen MR) is 138 cm³/mol. The second-order valence-corrected chi connectivity index (χ2v) is 11.8. The molecular weight excluding hydrogens is 460 g/mol. The van der Waals surface area contributed by atoms with Crippen molar-refractivity contribution in [2.24, 2.45) is 5.41 Å². The molecule has 0 unspecified atom stereocenters. The van der Waals surface area contributed by atoms with Gasteiger partial charge in [0, 0.05) is 33.2 Å². The Morgan fingerprint density at radius 2 is 1.78 bits per heavy atom. The number of ether oxygens (including phenoxy) is 1. The topological polar surface area (TPSA) is 109 Å². The molecule has 10 nitrogen and oxygen atoms in total. The van der Waals surface area contributed by atoms with Crippen LogP contribution >= 0.6 is 0 Å². The minimum atomic E-state index is -0.699. The minimum Gasteiger partial charge on any atom is -0.444 e. The molecule has 2 aliphatic rings. The predicted octanol–water partition coefficient (Wildman–Crippen LogP) is 2.63. The number of likely N-dealkylation sites (N-methyl/N-ethyl adjacent to an activating group) is 1. The van der Waals surface area contributed by atoms with Gasteiger partial charge in [0.1, 0.15) is 17.5 Å². The van der Waals surface area contributed by atoms with Gasteiger partial charge in [-0.25, -0.2) is 9.78 Å². The molecule has 3 heterocycles. The van der Waals surface area contributed by atoms with Crippen LogP contribution in [0, 0.1) is 5.41 Å². The van der Waals surface area contributed by atoms with Crippen molar-refractivity contribution in [3.8, 4) is 0 Å². The molecule has 0 fully saturated rings. The summed E-state index contributed by atoms with van der Waals surface area (Å²) in [6, 6.07) is -0.699. The normalized spacial score (nSPS) is 18.0. The molecular formula is C26H42N6O4. The maximum Gasteiger partial charge on any atom is 0.410 e. The van der Waals surface area contributed by atoms with Gasteiger partial charge in [0.05, 0.1) is 5.69 Å². The number of nitrogens with one attached hydrogen (secondary N) is 2. The van der Waals surface area contributed by atoms with Gasteiger partial charge in [-0.15, -0.1) is 0 Å². The third-order valence-electron chi connectivity index (χ3n) is 6.43. The monoisotopic (exact) mass is 502 g/mol. The van der Waals surface area contributed by atoms with Crippen LogP contribution in [0.4, 0.5) is 4.79 Å². The van der Waals surface area contributed by atoms with Crippen LogP contribution in [0.1, 0.15) is 76.4 Å². The molecule has 1 aromatic rings. The van der Waals surface area contributed by atoms with Crippen molar-refractivity contribution < 1.29 is 19.1 Å². The van der Waals surface area contributed by atoms with E-state index in [0.717, 1.165) is 36.6 Å². The van der Waals surface area contributed by atoms with E-state index in [1.165, 1.54) is 0 Å². The fourth-order valence-electron chi connectivity index (χ4n) is 4.53. The zero-order chi connectivity index (χ0) is 26.8. The Morgan fingerprint density at radius 3 is 2.33 bits per heavy atom. The third kappa shape index (κ3) is 6.46. The van der Waals surface area contributed by atoms with Crippen molar-refractivity contribution in [2.45, 2.75) is 79.1 Å². The van der Waals surface area contributed by atoms with Gasteiger partial charge in [0.2, 0.25) is 5.91 Å². The van der Waals surface area contributed by atoms with Gasteiger partial charge < -0.3 is 29.7 Å². The van der Waals surface area contributed by atoms with Crippen molar-refractivity contribution in [2.75, 3.05) is 33.7 Å². The number of aromatic nitrogens is 2. The van der Waals surface area contributed by atoms with E-state index >= 15 is 0 Å². The highest BCUT2D eigenvalue weighted by molar-refractivity contribution is 5.97. The van der Waals surface area contributed by atoms with Crippen LogP contribution < -0.4 is 10.6 Å². The molecule has 0 spiro atoms. The molecule has 36 heavy (non-hydrogen) atoms. The third-order valence-corrected chi connectivity index (χ3v) is 6.43. The molecule has 200 valence electrons. The molecule has 3 rings (SSSR count). The summed E-state index contributed by atoms with van der Waals surface area (Å²) in [7, 11) is 3.60. The van der Waals surface area contributed by atoms with Crippen molar-refractivity contribution >= 4 is 23.5 Å². The Kier molecular flexibility index (Phi) is 8.17. The number of hydrogen-bond donors (Lipinski definition) is 2. The number of rotatable bonds is 4. The fourth-order valence-corrected chi connectivity index (χ4v) is 4.53. The van der Waals surface area contributed by atoms with Gasteiger partial charge >= 0.3 is 6.09 Å². The lowest BCUT2D eigenvalue weighted by atomic mass is 9.86. The van der Waals surface area contributed by atoms with Gasteiger partial charge in [0.15, 0.2) is 5.69 Å². The molecule has 0 saturated heterocycles. The molecule has 1 aromatic heterocycles. The van der Waals surface area contributed by atoms with Gasteiger partial charge in [-0.05, 0) is 58.2 Å². The van der Waals surface area contributed by atoms with E-state index in [-0.39, 0.29) is 17.9 Å². The second kappa shape index (κ2) is 10.6. The molecule has 0 aliphatic carbocycles. The standard InChI is InChI=1S/C26H42N6O4/c1-25(2,3)20(23(34)27-7)29-22(33)19-18-16-30(8)12-9-13-32(18)21(28-19)17-10-14-31(15-11-17)24(35)36-26(4,5)6/h10,20H,9,11-16H2,1-8H3,(H,27,34)(H,29,33)/t20-/m1/s1. The van der Waals surface area contributed by atoms with Crippen molar-refractivity contribution in [1.29, 1.82) is 0 Å². The number of imidazole rings is 1. The highest BCUT2D eigenvalue weighted by Crippen LogP contribution is 2.28. The summed E-state index contributed by atoms with van der Waals surface area (Å²) in [6.07, 6.45) is 3.23. The Bertz CT molecular complexity index is 1030. The number of fused-ring (bicyclic) bond motifs is 1. The zero-order valence-corrected chi connectivity index (χ0v) is 23.0. The molecule has 0 aromatic carbocycles. The van der Waals surface area contributed by atoms with Gasteiger partial charge in [-0.2, -0.15) is 0 Å². The average Bonchev–Trinajstić information content (AvgIpc) is 3.01. The SMILES string of the molecule is CNC(=O)[C@@H](NC(=O)c1nc(C2=CCN(C(=O)OC(C)(C)C)CC2)n2c1CN(C)CCC2)C(C)(C)C. The van der Waals surface area contributed by atoms with Crippen molar-refractivity contribution in [3.63, 3.8) is 0 Å². The van der Waals surface area contributed by atoms with E-state index in [1.54, 1.807) is 11.9 Å². The van der Waals surface area contributed by atoms with E-state index < -0.39 is 17.1 Å². The first-order valence-corrected chi connectivity index (χ1v) is 12.7. The van der Waals surface area contributed by atoms with Crippen LogP contribution in [-0.4, -0.2) is 82.6 Å². The van der Waals surface area contributed by atoms with E-state index in [0.29, 0.717) is 31.7 Å².